The first-order valence-corrected chi connectivity index (χ1v) is 10.9. The molecule has 0 fully saturated rings. The minimum Gasteiger partial charge on any atom is -0.436 e. The second-order valence-electron chi connectivity index (χ2n) is 7.12. The van der Waals surface area contributed by atoms with E-state index in [1.54, 1.807) is 30.3 Å². The van der Waals surface area contributed by atoms with Crippen molar-refractivity contribution in [1.82, 2.24) is 4.98 Å². The van der Waals surface area contributed by atoms with E-state index in [0.717, 1.165) is 23.1 Å². The molecule has 0 aliphatic rings. The number of nitrogens with zero attached hydrogens (tertiary/aromatic N) is 1. The van der Waals surface area contributed by atoms with Crippen LogP contribution in [-0.4, -0.2) is 13.4 Å². The van der Waals surface area contributed by atoms with E-state index in [0.29, 0.717) is 22.7 Å². The molecule has 0 bridgehead atoms. The van der Waals surface area contributed by atoms with E-state index in [1.165, 1.54) is 5.56 Å². The van der Waals surface area contributed by atoms with E-state index in [-0.39, 0.29) is 4.90 Å². The Morgan fingerprint density at radius 3 is 2.45 bits per heavy atom. The van der Waals surface area contributed by atoms with Crippen LogP contribution in [0.1, 0.15) is 23.6 Å². The zero-order valence-corrected chi connectivity index (χ0v) is 17.4. The highest BCUT2D eigenvalue weighted by Crippen LogP contribution is 2.29. The van der Waals surface area contributed by atoms with Crippen molar-refractivity contribution in [3.63, 3.8) is 0 Å². The van der Waals surface area contributed by atoms with Crippen LogP contribution in [-0.2, 0) is 16.4 Å². The molecule has 1 heterocycles. The maximum Gasteiger partial charge on any atom is 0.261 e. The van der Waals surface area contributed by atoms with Crippen molar-refractivity contribution >= 4 is 26.8 Å². The molecule has 3 aromatic carbocycles. The normalized spacial score (nSPS) is 11.7. The minimum atomic E-state index is -3.69. The molecule has 1 N–H and O–H groups in total. The molecule has 0 saturated heterocycles. The summed E-state index contributed by atoms with van der Waals surface area (Å²) in [4.78, 5) is 4.81. The molecule has 0 aliphatic carbocycles. The average Bonchev–Trinajstić information content (AvgIpc) is 3.13. The van der Waals surface area contributed by atoms with Gasteiger partial charge in [-0.3, -0.25) is 4.72 Å². The standard InChI is InChI=1S/C23H22N2O3S/c1-4-17-8-12-22-21(13-17)24-23(28-22)18-9-7-16(3)20(14-18)25-29(26,27)19-10-5-15(2)6-11-19/h5-14,25H,4H2,1-3H3. The minimum absolute atomic E-state index is 0.224. The summed E-state index contributed by atoms with van der Waals surface area (Å²) in [5.74, 6) is 0.462. The highest BCUT2D eigenvalue weighted by atomic mass is 32.2. The van der Waals surface area contributed by atoms with E-state index in [1.807, 2.05) is 44.2 Å². The van der Waals surface area contributed by atoms with Crippen LogP contribution in [0.4, 0.5) is 5.69 Å². The van der Waals surface area contributed by atoms with Crippen LogP contribution in [0.3, 0.4) is 0 Å². The predicted molar refractivity (Wildman–Crippen MR) is 116 cm³/mol. The number of nitrogens with one attached hydrogen (secondary N) is 1. The molecule has 0 aliphatic heterocycles. The fraction of sp³-hybridized carbons (Fsp3) is 0.174. The molecule has 148 valence electrons. The first-order chi connectivity index (χ1) is 13.9. The van der Waals surface area contributed by atoms with Crippen molar-refractivity contribution in [1.29, 1.82) is 0 Å². The Hall–Kier alpha value is -3.12. The van der Waals surface area contributed by atoms with Gasteiger partial charge in [0.15, 0.2) is 5.58 Å². The lowest BCUT2D eigenvalue weighted by Gasteiger charge is -2.12. The fourth-order valence-electron chi connectivity index (χ4n) is 3.10. The maximum absolute atomic E-state index is 12.8. The number of fused-ring (bicyclic) bond motifs is 1. The molecule has 29 heavy (non-hydrogen) atoms. The SMILES string of the molecule is CCc1ccc2oc(-c3ccc(C)c(NS(=O)(=O)c4ccc(C)cc4)c3)nc2c1. The van der Waals surface area contributed by atoms with Gasteiger partial charge >= 0.3 is 0 Å². The van der Waals surface area contributed by atoms with Gasteiger partial charge in [-0.1, -0.05) is 36.8 Å². The van der Waals surface area contributed by atoms with Crippen LogP contribution in [0.15, 0.2) is 70.0 Å². The number of rotatable bonds is 5. The fourth-order valence-corrected chi connectivity index (χ4v) is 4.22. The van der Waals surface area contributed by atoms with Crippen molar-refractivity contribution in [2.75, 3.05) is 4.72 Å². The Kier molecular flexibility index (Phi) is 4.88. The Balaban J connectivity index is 1.70. The van der Waals surface area contributed by atoms with Gasteiger partial charge in [0.05, 0.1) is 10.6 Å². The van der Waals surface area contributed by atoms with Crippen molar-refractivity contribution in [2.45, 2.75) is 32.1 Å². The smallest absolute Gasteiger partial charge is 0.261 e. The van der Waals surface area contributed by atoms with Gasteiger partial charge in [0.2, 0.25) is 5.89 Å². The lowest BCUT2D eigenvalue weighted by Crippen LogP contribution is -2.13. The van der Waals surface area contributed by atoms with Crippen molar-refractivity contribution in [2.24, 2.45) is 0 Å². The number of aromatic nitrogens is 1. The largest absolute Gasteiger partial charge is 0.436 e. The first-order valence-electron chi connectivity index (χ1n) is 9.46. The van der Waals surface area contributed by atoms with Crippen LogP contribution in [0.25, 0.3) is 22.6 Å². The molecule has 4 rings (SSSR count). The number of oxazole rings is 1. The summed E-state index contributed by atoms with van der Waals surface area (Å²) in [6, 6.07) is 18.2. The Bertz CT molecular complexity index is 1290. The van der Waals surface area contributed by atoms with Gasteiger partial charge < -0.3 is 4.42 Å². The molecule has 0 unspecified atom stereocenters. The van der Waals surface area contributed by atoms with Gasteiger partial charge in [0.1, 0.15) is 5.52 Å². The lowest BCUT2D eigenvalue weighted by molar-refractivity contribution is 0.601. The van der Waals surface area contributed by atoms with Gasteiger partial charge in [-0.15, -0.1) is 0 Å². The second kappa shape index (κ2) is 7.37. The summed E-state index contributed by atoms with van der Waals surface area (Å²) < 4.78 is 34.1. The summed E-state index contributed by atoms with van der Waals surface area (Å²) in [5.41, 5.74) is 5.72. The Morgan fingerprint density at radius 1 is 0.966 bits per heavy atom. The molecule has 0 spiro atoms. The van der Waals surface area contributed by atoms with Gasteiger partial charge in [0.25, 0.3) is 10.0 Å². The first kappa shape index (κ1) is 19.2. The monoisotopic (exact) mass is 406 g/mol. The molecule has 4 aromatic rings. The third kappa shape index (κ3) is 3.89. The summed E-state index contributed by atoms with van der Waals surface area (Å²) in [6.07, 6.45) is 0.924. The molecule has 6 heteroatoms. The maximum atomic E-state index is 12.8. The van der Waals surface area contributed by atoms with Crippen LogP contribution in [0, 0.1) is 13.8 Å². The molecule has 0 radical (unpaired) electrons. The van der Waals surface area contributed by atoms with E-state index < -0.39 is 10.0 Å². The molecule has 0 amide bonds. The third-order valence-corrected chi connectivity index (χ3v) is 6.30. The number of benzene rings is 3. The van der Waals surface area contributed by atoms with Gasteiger partial charge in [-0.05, 0) is 67.8 Å². The number of aryl methyl sites for hydroxylation is 3. The molecule has 0 saturated carbocycles. The van der Waals surface area contributed by atoms with Crippen molar-refractivity contribution < 1.29 is 12.8 Å². The van der Waals surface area contributed by atoms with Crippen molar-refractivity contribution in [3.05, 3.63) is 77.4 Å². The van der Waals surface area contributed by atoms with Gasteiger partial charge in [0, 0.05) is 5.56 Å². The van der Waals surface area contributed by atoms with E-state index >= 15 is 0 Å². The molecule has 1 aromatic heterocycles. The van der Waals surface area contributed by atoms with Crippen molar-refractivity contribution in [3.8, 4) is 11.5 Å². The Labute approximate surface area is 170 Å². The highest BCUT2D eigenvalue weighted by molar-refractivity contribution is 7.92. The average molecular weight is 407 g/mol. The second-order valence-corrected chi connectivity index (χ2v) is 8.81. The predicted octanol–water partition coefficient (Wildman–Crippen LogP) is 5.47. The molecule has 5 nitrogen and oxygen atoms in total. The quantitative estimate of drug-likeness (QED) is 0.477. The highest BCUT2D eigenvalue weighted by Gasteiger charge is 2.17. The number of hydrogen-bond acceptors (Lipinski definition) is 4. The molecular formula is C23H22N2O3S. The lowest BCUT2D eigenvalue weighted by atomic mass is 10.1. The summed E-state index contributed by atoms with van der Waals surface area (Å²) in [5, 5.41) is 0. The number of sulfonamides is 1. The summed E-state index contributed by atoms with van der Waals surface area (Å²) >= 11 is 0. The van der Waals surface area contributed by atoms with Gasteiger partial charge in [-0.25, -0.2) is 13.4 Å². The zero-order valence-electron chi connectivity index (χ0n) is 16.6. The van der Waals surface area contributed by atoms with Gasteiger partial charge in [-0.2, -0.15) is 0 Å². The molecular weight excluding hydrogens is 384 g/mol. The Morgan fingerprint density at radius 2 is 1.72 bits per heavy atom. The summed E-state index contributed by atoms with van der Waals surface area (Å²) in [6.45, 7) is 5.87. The van der Waals surface area contributed by atoms with E-state index in [2.05, 4.69) is 16.6 Å². The zero-order chi connectivity index (χ0) is 20.6. The van der Waals surface area contributed by atoms with E-state index in [4.69, 9.17) is 4.42 Å². The topological polar surface area (TPSA) is 72.2 Å². The number of hydrogen-bond donors (Lipinski definition) is 1. The van der Waals surface area contributed by atoms with Crippen LogP contribution < -0.4 is 4.72 Å². The van der Waals surface area contributed by atoms with E-state index in [9.17, 15) is 8.42 Å². The summed E-state index contributed by atoms with van der Waals surface area (Å²) in [7, 11) is -3.69. The van der Waals surface area contributed by atoms with Crippen LogP contribution in [0.5, 0.6) is 0 Å². The molecule has 0 atom stereocenters. The number of anilines is 1. The van der Waals surface area contributed by atoms with Crippen LogP contribution >= 0.6 is 0 Å². The van der Waals surface area contributed by atoms with Crippen LogP contribution in [0.2, 0.25) is 0 Å². The third-order valence-electron chi connectivity index (χ3n) is 4.92.